The Bertz CT molecular complexity index is 637. The molecule has 1 aromatic heterocycles. The van der Waals surface area contributed by atoms with Crippen molar-refractivity contribution in [3.63, 3.8) is 0 Å². The molecule has 0 aliphatic carbocycles. The monoisotopic (exact) mass is 405 g/mol. The summed E-state index contributed by atoms with van der Waals surface area (Å²) in [5.41, 5.74) is 1.19. The summed E-state index contributed by atoms with van der Waals surface area (Å²) >= 11 is 6.47. The van der Waals surface area contributed by atoms with E-state index in [2.05, 4.69) is 47.1 Å². The number of nitrogens with one attached hydrogen (secondary N) is 1. The number of nitrogens with zero attached hydrogens (tertiary/aromatic N) is 2. The molecule has 1 aromatic carbocycles. The van der Waals surface area contributed by atoms with E-state index in [1.54, 1.807) is 7.05 Å². The lowest BCUT2D eigenvalue weighted by Gasteiger charge is -2.11. The SMILES string of the molecule is CCc1nc(-c2ccc(F)c(F)c2Br)nc(NC)c1Br. The third-order valence-electron chi connectivity index (χ3n) is 2.77. The Balaban J connectivity index is 2.67. The first-order valence-corrected chi connectivity index (χ1v) is 7.46. The predicted octanol–water partition coefficient (Wildman–Crippen LogP) is 4.55. The van der Waals surface area contributed by atoms with Gasteiger partial charge in [0.1, 0.15) is 5.82 Å². The van der Waals surface area contributed by atoms with E-state index in [9.17, 15) is 8.78 Å². The molecule has 0 radical (unpaired) electrons. The van der Waals surface area contributed by atoms with Crippen molar-refractivity contribution in [1.29, 1.82) is 0 Å². The first-order chi connectivity index (χ1) is 9.49. The smallest absolute Gasteiger partial charge is 0.173 e. The molecular formula is C13H11Br2F2N3. The molecule has 0 fully saturated rings. The van der Waals surface area contributed by atoms with Crippen molar-refractivity contribution in [2.75, 3.05) is 12.4 Å². The largest absolute Gasteiger partial charge is 0.372 e. The normalized spacial score (nSPS) is 10.7. The topological polar surface area (TPSA) is 37.8 Å². The fourth-order valence-electron chi connectivity index (χ4n) is 1.71. The predicted molar refractivity (Wildman–Crippen MR) is 81.7 cm³/mol. The van der Waals surface area contributed by atoms with E-state index >= 15 is 0 Å². The van der Waals surface area contributed by atoms with E-state index in [0.29, 0.717) is 23.6 Å². The van der Waals surface area contributed by atoms with E-state index in [1.807, 2.05) is 6.92 Å². The number of aromatic nitrogens is 2. The maximum atomic E-state index is 13.6. The van der Waals surface area contributed by atoms with Crippen molar-refractivity contribution in [2.24, 2.45) is 0 Å². The van der Waals surface area contributed by atoms with Crippen LogP contribution in [0.25, 0.3) is 11.4 Å². The van der Waals surface area contributed by atoms with Gasteiger partial charge in [0.2, 0.25) is 0 Å². The van der Waals surface area contributed by atoms with Crippen LogP contribution in [0.1, 0.15) is 12.6 Å². The molecule has 0 saturated heterocycles. The van der Waals surface area contributed by atoms with Crippen LogP contribution in [0.3, 0.4) is 0 Å². The molecule has 0 aliphatic rings. The molecule has 0 spiro atoms. The highest BCUT2D eigenvalue weighted by Gasteiger charge is 2.17. The Morgan fingerprint density at radius 3 is 2.45 bits per heavy atom. The molecule has 0 unspecified atom stereocenters. The summed E-state index contributed by atoms with van der Waals surface area (Å²) in [4.78, 5) is 8.70. The van der Waals surface area contributed by atoms with Crippen molar-refractivity contribution in [3.05, 3.63) is 38.4 Å². The van der Waals surface area contributed by atoms with E-state index in [4.69, 9.17) is 0 Å². The lowest BCUT2D eigenvalue weighted by Crippen LogP contribution is -2.03. The van der Waals surface area contributed by atoms with Gasteiger partial charge >= 0.3 is 0 Å². The summed E-state index contributed by atoms with van der Waals surface area (Å²) < 4.78 is 27.6. The van der Waals surface area contributed by atoms with Gasteiger partial charge < -0.3 is 5.32 Å². The first kappa shape index (κ1) is 15.3. The number of rotatable bonds is 3. The zero-order valence-corrected chi connectivity index (χ0v) is 13.9. The van der Waals surface area contributed by atoms with Crippen molar-refractivity contribution < 1.29 is 8.78 Å². The molecule has 0 saturated carbocycles. The third-order valence-corrected chi connectivity index (χ3v) is 4.38. The summed E-state index contributed by atoms with van der Waals surface area (Å²) in [5, 5.41) is 2.94. The number of hydrogen-bond donors (Lipinski definition) is 1. The van der Waals surface area contributed by atoms with Gasteiger partial charge in [-0.05, 0) is 50.4 Å². The van der Waals surface area contributed by atoms with Crippen molar-refractivity contribution in [2.45, 2.75) is 13.3 Å². The minimum Gasteiger partial charge on any atom is -0.372 e. The van der Waals surface area contributed by atoms with E-state index in [-0.39, 0.29) is 4.47 Å². The van der Waals surface area contributed by atoms with E-state index in [1.165, 1.54) is 6.07 Å². The molecule has 0 bridgehead atoms. The molecule has 2 aromatic rings. The van der Waals surface area contributed by atoms with Crippen molar-refractivity contribution in [3.8, 4) is 11.4 Å². The molecule has 106 valence electrons. The Hall–Kier alpha value is -1.08. The average molecular weight is 407 g/mol. The molecular weight excluding hydrogens is 396 g/mol. The zero-order chi connectivity index (χ0) is 14.9. The Morgan fingerprint density at radius 2 is 1.85 bits per heavy atom. The molecule has 20 heavy (non-hydrogen) atoms. The van der Waals surface area contributed by atoms with Gasteiger partial charge in [-0.3, -0.25) is 0 Å². The van der Waals surface area contributed by atoms with Crippen LogP contribution in [0.2, 0.25) is 0 Å². The molecule has 7 heteroatoms. The lowest BCUT2D eigenvalue weighted by atomic mass is 10.2. The molecule has 0 atom stereocenters. The van der Waals surface area contributed by atoms with Gasteiger partial charge in [0, 0.05) is 12.6 Å². The van der Waals surface area contributed by atoms with E-state index in [0.717, 1.165) is 16.2 Å². The number of hydrogen-bond acceptors (Lipinski definition) is 3. The van der Waals surface area contributed by atoms with E-state index < -0.39 is 11.6 Å². The third kappa shape index (κ3) is 2.69. The van der Waals surface area contributed by atoms with Gasteiger partial charge in [0.25, 0.3) is 0 Å². The quantitative estimate of drug-likeness (QED) is 0.759. The fourth-order valence-corrected chi connectivity index (χ4v) is 2.87. The Labute approximate surface area is 132 Å². The summed E-state index contributed by atoms with van der Waals surface area (Å²) in [6.07, 6.45) is 0.687. The maximum Gasteiger partial charge on any atom is 0.173 e. The zero-order valence-electron chi connectivity index (χ0n) is 10.8. The van der Waals surface area contributed by atoms with Crippen molar-refractivity contribution in [1.82, 2.24) is 9.97 Å². The van der Waals surface area contributed by atoms with Crippen LogP contribution in [0, 0.1) is 11.6 Å². The van der Waals surface area contributed by atoms with Crippen LogP contribution in [-0.2, 0) is 6.42 Å². The summed E-state index contributed by atoms with van der Waals surface area (Å²) in [5.74, 6) is -0.927. The highest BCUT2D eigenvalue weighted by molar-refractivity contribution is 9.11. The second-order valence-electron chi connectivity index (χ2n) is 3.98. The Kier molecular flexibility index (Phi) is 4.70. The van der Waals surface area contributed by atoms with Gasteiger partial charge in [-0.1, -0.05) is 6.92 Å². The van der Waals surface area contributed by atoms with Crippen LogP contribution in [-0.4, -0.2) is 17.0 Å². The van der Waals surface area contributed by atoms with Gasteiger partial charge in [0.05, 0.1) is 14.6 Å². The van der Waals surface area contributed by atoms with Crippen LogP contribution in [0.15, 0.2) is 21.1 Å². The molecule has 3 nitrogen and oxygen atoms in total. The van der Waals surface area contributed by atoms with Crippen LogP contribution in [0.4, 0.5) is 14.6 Å². The highest BCUT2D eigenvalue weighted by atomic mass is 79.9. The van der Waals surface area contributed by atoms with Crippen LogP contribution in [0.5, 0.6) is 0 Å². The Morgan fingerprint density at radius 1 is 1.15 bits per heavy atom. The van der Waals surface area contributed by atoms with Gasteiger partial charge in [-0.25, -0.2) is 18.7 Å². The highest BCUT2D eigenvalue weighted by Crippen LogP contribution is 2.33. The number of halogens is 4. The maximum absolute atomic E-state index is 13.6. The molecule has 0 aliphatic heterocycles. The van der Waals surface area contributed by atoms with Crippen LogP contribution >= 0.6 is 31.9 Å². The minimum absolute atomic E-state index is 0.0175. The minimum atomic E-state index is -0.946. The first-order valence-electron chi connectivity index (χ1n) is 5.87. The number of aryl methyl sites for hydroxylation is 1. The van der Waals surface area contributed by atoms with Gasteiger partial charge in [0.15, 0.2) is 17.5 Å². The second kappa shape index (κ2) is 6.13. The summed E-state index contributed by atoms with van der Waals surface area (Å²) in [7, 11) is 1.73. The molecule has 0 amide bonds. The van der Waals surface area contributed by atoms with Gasteiger partial charge in [-0.2, -0.15) is 0 Å². The second-order valence-corrected chi connectivity index (χ2v) is 5.57. The standard InChI is InChI=1S/C13H11Br2F2N3/c1-3-8-10(15)13(18-2)20-12(19-8)6-4-5-7(16)11(17)9(6)14/h4-5H,3H2,1-2H3,(H,18,19,20). The summed E-state index contributed by atoms with van der Waals surface area (Å²) in [6.45, 7) is 1.95. The van der Waals surface area contributed by atoms with Gasteiger partial charge in [-0.15, -0.1) is 0 Å². The van der Waals surface area contributed by atoms with Crippen molar-refractivity contribution >= 4 is 37.7 Å². The molecule has 1 N–H and O–H groups in total. The lowest BCUT2D eigenvalue weighted by molar-refractivity contribution is 0.504. The number of benzene rings is 1. The average Bonchev–Trinajstić information content (AvgIpc) is 2.45. The summed E-state index contributed by atoms with van der Waals surface area (Å²) in [6, 6.07) is 2.51. The molecule has 1 heterocycles. The number of anilines is 1. The fraction of sp³-hybridized carbons (Fsp3) is 0.231. The van der Waals surface area contributed by atoms with Crippen LogP contribution < -0.4 is 5.32 Å². The molecule has 2 rings (SSSR count).